The number of rotatable bonds is 8. The minimum Gasteiger partial charge on any atom is -0.490 e. The summed E-state index contributed by atoms with van der Waals surface area (Å²) in [5.41, 5.74) is 0.409. The van der Waals surface area contributed by atoms with E-state index in [-0.39, 0.29) is 12.5 Å². The van der Waals surface area contributed by atoms with E-state index in [1.54, 1.807) is 42.5 Å². The van der Waals surface area contributed by atoms with Gasteiger partial charge in [-0.2, -0.15) is 0 Å². The first-order valence-electron chi connectivity index (χ1n) is 9.35. The molecule has 0 bridgehead atoms. The average molecular weight is 534 g/mol. The molecular weight excluding hydrogens is 518 g/mol. The first kappa shape index (κ1) is 22.5. The van der Waals surface area contributed by atoms with E-state index < -0.39 is 11.7 Å². The quantitative estimate of drug-likeness (QED) is 0.197. The van der Waals surface area contributed by atoms with Crippen molar-refractivity contribution in [2.24, 2.45) is 0 Å². The van der Waals surface area contributed by atoms with Gasteiger partial charge in [-0.05, 0) is 36.4 Å². The van der Waals surface area contributed by atoms with Crippen LogP contribution in [0.25, 0.3) is 11.0 Å². The summed E-state index contributed by atoms with van der Waals surface area (Å²) in [6.45, 7) is -0.00753. The summed E-state index contributed by atoms with van der Waals surface area (Å²) >= 11 is 5.84. The number of thioether (sulfide) groups is 1. The van der Waals surface area contributed by atoms with E-state index in [0.717, 1.165) is 4.47 Å². The Morgan fingerprint density at radius 1 is 1.22 bits per heavy atom. The number of aliphatic hydroxyl groups excluding tert-OH is 1. The molecule has 0 fully saturated rings. The fourth-order valence-corrected chi connectivity index (χ4v) is 4.64. The zero-order valence-electron chi connectivity index (χ0n) is 16.4. The molecule has 0 radical (unpaired) electrons. The highest BCUT2D eigenvalue weighted by Crippen LogP contribution is 2.27. The molecule has 1 amide bonds. The Hall–Kier alpha value is -2.73. The number of ether oxygens (including phenoxy) is 1. The first-order valence-corrected chi connectivity index (χ1v) is 11.9. The lowest BCUT2D eigenvalue weighted by Gasteiger charge is -2.12. The van der Waals surface area contributed by atoms with Gasteiger partial charge in [0.25, 0.3) is 5.91 Å². The molecule has 2 aromatic heterocycles. The zero-order chi connectivity index (χ0) is 22.5. The van der Waals surface area contributed by atoms with Crippen LogP contribution >= 0.6 is 39.0 Å². The predicted octanol–water partition coefficient (Wildman–Crippen LogP) is 4.19. The fraction of sp³-hybridized carbons (Fsp3) is 0.143. The number of halogens is 1. The third-order valence-corrected chi connectivity index (χ3v) is 6.82. The van der Waals surface area contributed by atoms with E-state index in [0.29, 0.717) is 37.5 Å². The summed E-state index contributed by atoms with van der Waals surface area (Å²) < 4.78 is 12.3. The van der Waals surface area contributed by atoms with Crippen LogP contribution in [0.2, 0.25) is 0 Å². The molecule has 0 aliphatic heterocycles. The van der Waals surface area contributed by atoms with E-state index in [9.17, 15) is 14.7 Å². The molecule has 0 spiro atoms. The number of hydrogen-bond donors (Lipinski definition) is 2. The number of aromatic nitrogens is 2. The lowest BCUT2D eigenvalue weighted by Crippen LogP contribution is -2.20. The summed E-state index contributed by atoms with van der Waals surface area (Å²) in [5, 5.41) is 22.0. The Balaban J connectivity index is 1.29. The van der Waals surface area contributed by atoms with Crippen molar-refractivity contribution in [2.75, 3.05) is 17.7 Å². The summed E-state index contributed by atoms with van der Waals surface area (Å²) in [4.78, 5) is 23.9. The van der Waals surface area contributed by atoms with Gasteiger partial charge in [0.15, 0.2) is 4.34 Å². The van der Waals surface area contributed by atoms with Crippen LogP contribution in [0.15, 0.2) is 72.6 Å². The second-order valence-electron chi connectivity index (χ2n) is 6.54. The summed E-state index contributed by atoms with van der Waals surface area (Å²) in [5.74, 6) is 0.377. The summed E-state index contributed by atoms with van der Waals surface area (Å²) in [7, 11) is 0. The number of nitrogens with zero attached hydrogens (tertiary/aromatic N) is 2. The van der Waals surface area contributed by atoms with E-state index in [1.165, 1.54) is 29.2 Å². The number of para-hydroxylation sites is 1. The Morgan fingerprint density at radius 3 is 2.81 bits per heavy atom. The lowest BCUT2D eigenvalue weighted by atomic mass is 10.2. The van der Waals surface area contributed by atoms with Gasteiger partial charge in [-0.15, -0.1) is 10.2 Å². The number of aliphatic hydroxyl groups is 1. The van der Waals surface area contributed by atoms with Crippen molar-refractivity contribution >= 4 is 61.0 Å². The molecule has 4 rings (SSSR count). The molecule has 0 saturated heterocycles. The van der Waals surface area contributed by atoms with Gasteiger partial charge in [-0.3, -0.25) is 10.1 Å². The van der Waals surface area contributed by atoms with Gasteiger partial charge in [0.05, 0.1) is 17.6 Å². The Morgan fingerprint density at radius 2 is 2.00 bits per heavy atom. The van der Waals surface area contributed by atoms with Crippen molar-refractivity contribution in [2.45, 2.75) is 10.4 Å². The lowest BCUT2D eigenvalue weighted by molar-refractivity contribution is 0.102. The molecule has 2 aromatic carbocycles. The largest absolute Gasteiger partial charge is 0.490 e. The number of hydrogen-bond acceptors (Lipinski definition) is 9. The van der Waals surface area contributed by atoms with Crippen molar-refractivity contribution in [3.8, 4) is 5.75 Å². The van der Waals surface area contributed by atoms with E-state index in [1.807, 2.05) is 6.07 Å². The summed E-state index contributed by atoms with van der Waals surface area (Å²) in [6, 6.07) is 15.3. The molecule has 1 atom stereocenters. The van der Waals surface area contributed by atoms with Crippen LogP contribution in [-0.2, 0) is 0 Å². The minimum absolute atomic E-state index is 0.00753. The monoisotopic (exact) mass is 533 g/mol. The maximum absolute atomic E-state index is 12.3. The Kier molecular flexibility index (Phi) is 7.20. The number of nitrogens with one attached hydrogen (secondary N) is 1. The zero-order valence-corrected chi connectivity index (χ0v) is 19.6. The van der Waals surface area contributed by atoms with Crippen molar-refractivity contribution in [1.82, 2.24) is 10.2 Å². The van der Waals surface area contributed by atoms with Gasteiger partial charge < -0.3 is 14.3 Å². The second-order valence-corrected chi connectivity index (χ2v) is 9.70. The van der Waals surface area contributed by atoms with Crippen LogP contribution in [0.4, 0.5) is 5.13 Å². The van der Waals surface area contributed by atoms with Gasteiger partial charge in [-0.25, -0.2) is 4.79 Å². The number of amides is 1. The SMILES string of the molecule is O=C(Nc1nnc(SCC(O)COc2cc(=O)oc3ccccc23)s1)c1ccc(Br)cc1. The normalized spacial score (nSPS) is 11.9. The third kappa shape index (κ3) is 5.74. The first-order chi connectivity index (χ1) is 15.5. The highest BCUT2D eigenvalue weighted by molar-refractivity contribution is 9.10. The smallest absolute Gasteiger partial charge is 0.339 e. The molecule has 4 aromatic rings. The maximum atomic E-state index is 12.3. The van der Waals surface area contributed by atoms with Crippen LogP contribution in [-0.4, -0.2) is 39.7 Å². The Bertz CT molecular complexity index is 1290. The maximum Gasteiger partial charge on any atom is 0.339 e. The number of anilines is 1. The standard InChI is InChI=1S/C21H16BrN3O5S2/c22-13-7-5-12(6-8-13)19(28)23-20-24-25-21(32-20)31-11-14(26)10-29-17-9-18(27)30-16-4-2-1-3-15(16)17/h1-9,14,26H,10-11H2,(H,23,24,28). The number of carbonyl (C=O) groups excluding carboxylic acids is 1. The van der Waals surface area contributed by atoms with Crippen LogP contribution in [0.5, 0.6) is 5.75 Å². The van der Waals surface area contributed by atoms with Crippen molar-refractivity contribution in [1.29, 1.82) is 0 Å². The predicted molar refractivity (Wildman–Crippen MR) is 127 cm³/mol. The number of carbonyl (C=O) groups is 1. The number of fused-ring (bicyclic) bond motifs is 1. The fourth-order valence-electron chi connectivity index (χ4n) is 2.69. The molecular formula is C21H16BrN3O5S2. The van der Waals surface area contributed by atoms with Crippen molar-refractivity contribution in [3.63, 3.8) is 0 Å². The highest BCUT2D eigenvalue weighted by Gasteiger charge is 2.14. The van der Waals surface area contributed by atoms with Crippen molar-refractivity contribution in [3.05, 3.63) is 75.1 Å². The average Bonchev–Trinajstić information content (AvgIpc) is 3.23. The molecule has 32 heavy (non-hydrogen) atoms. The molecule has 2 heterocycles. The second kappa shape index (κ2) is 10.3. The van der Waals surface area contributed by atoms with Crippen LogP contribution in [0, 0.1) is 0 Å². The molecule has 164 valence electrons. The number of benzene rings is 2. The topological polar surface area (TPSA) is 115 Å². The third-order valence-electron chi connectivity index (χ3n) is 4.18. The van der Waals surface area contributed by atoms with E-state index in [4.69, 9.17) is 9.15 Å². The van der Waals surface area contributed by atoms with Crippen LogP contribution < -0.4 is 15.7 Å². The van der Waals surface area contributed by atoms with Gasteiger partial charge in [-0.1, -0.05) is 51.2 Å². The van der Waals surface area contributed by atoms with E-state index in [2.05, 4.69) is 31.4 Å². The van der Waals surface area contributed by atoms with Gasteiger partial charge in [0, 0.05) is 15.8 Å². The molecule has 0 aliphatic rings. The van der Waals surface area contributed by atoms with Gasteiger partial charge in [0.1, 0.15) is 17.9 Å². The minimum atomic E-state index is -0.810. The van der Waals surface area contributed by atoms with E-state index >= 15 is 0 Å². The molecule has 0 saturated carbocycles. The molecule has 8 nitrogen and oxygen atoms in total. The van der Waals surface area contributed by atoms with Gasteiger partial charge in [0.2, 0.25) is 5.13 Å². The van der Waals surface area contributed by atoms with Gasteiger partial charge >= 0.3 is 5.63 Å². The highest BCUT2D eigenvalue weighted by atomic mass is 79.9. The van der Waals surface area contributed by atoms with Crippen LogP contribution in [0.1, 0.15) is 10.4 Å². The molecule has 2 N–H and O–H groups in total. The molecule has 11 heteroatoms. The molecule has 1 unspecified atom stereocenters. The molecule has 0 aliphatic carbocycles. The summed E-state index contributed by atoms with van der Waals surface area (Å²) in [6.07, 6.45) is -0.810. The Labute approximate surface area is 198 Å². The van der Waals surface area contributed by atoms with Crippen LogP contribution in [0.3, 0.4) is 0 Å². The van der Waals surface area contributed by atoms with Crippen molar-refractivity contribution < 1.29 is 19.1 Å².